The van der Waals surface area contributed by atoms with Crippen LogP contribution in [0.25, 0.3) is 0 Å². The second-order valence-corrected chi connectivity index (χ2v) is 6.03. The van der Waals surface area contributed by atoms with Crippen molar-refractivity contribution in [3.05, 3.63) is 45.7 Å². The van der Waals surface area contributed by atoms with Crippen LogP contribution in [0.5, 0.6) is 0 Å². The van der Waals surface area contributed by atoms with Gasteiger partial charge in [-0.3, -0.25) is 0 Å². The minimum absolute atomic E-state index is 0.0505. The van der Waals surface area contributed by atoms with Gasteiger partial charge in [0, 0.05) is 16.6 Å². The van der Waals surface area contributed by atoms with Gasteiger partial charge in [0.2, 0.25) is 0 Å². The highest BCUT2D eigenvalue weighted by Gasteiger charge is 2.13. The number of nitrogens with two attached hydrogens (primary N) is 1. The standard InChI is InChI=1S/C14H16FN3S2/c1-3-10-7-17-14(20-10)8(2)18-12-5-4-9(13(16)19)6-11(12)15/h4-8,18H,3H2,1-2H3,(H2,16,19). The summed E-state index contributed by atoms with van der Waals surface area (Å²) in [6.07, 6.45) is 2.83. The number of thiocarbonyl (C=S) groups is 1. The van der Waals surface area contributed by atoms with E-state index in [4.69, 9.17) is 18.0 Å². The van der Waals surface area contributed by atoms with Crippen molar-refractivity contribution in [2.75, 3.05) is 5.32 Å². The molecule has 0 aliphatic carbocycles. The monoisotopic (exact) mass is 309 g/mol. The van der Waals surface area contributed by atoms with E-state index in [2.05, 4.69) is 17.2 Å². The highest BCUT2D eigenvalue weighted by molar-refractivity contribution is 7.80. The average molecular weight is 309 g/mol. The number of nitrogens with zero attached hydrogens (tertiary/aromatic N) is 1. The molecule has 3 N–H and O–H groups in total. The minimum atomic E-state index is -0.366. The quantitative estimate of drug-likeness (QED) is 0.828. The van der Waals surface area contributed by atoms with E-state index in [9.17, 15) is 4.39 Å². The van der Waals surface area contributed by atoms with Crippen LogP contribution >= 0.6 is 23.6 Å². The Kier molecular flexibility index (Phi) is 4.67. The lowest BCUT2D eigenvalue weighted by Gasteiger charge is -2.14. The summed E-state index contributed by atoms with van der Waals surface area (Å²) in [5.41, 5.74) is 6.43. The van der Waals surface area contributed by atoms with E-state index in [0.717, 1.165) is 11.4 Å². The summed E-state index contributed by atoms with van der Waals surface area (Å²) in [7, 11) is 0. The molecule has 20 heavy (non-hydrogen) atoms. The third-order valence-electron chi connectivity index (χ3n) is 2.92. The van der Waals surface area contributed by atoms with Gasteiger partial charge in [-0.1, -0.05) is 19.1 Å². The van der Waals surface area contributed by atoms with Crippen molar-refractivity contribution in [3.63, 3.8) is 0 Å². The predicted molar refractivity (Wildman–Crippen MR) is 85.8 cm³/mol. The molecule has 1 heterocycles. The van der Waals surface area contributed by atoms with Gasteiger partial charge in [-0.25, -0.2) is 9.37 Å². The molecule has 2 aromatic rings. The number of aryl methyl sites for hydroxylation is 1. The molecular weight excluding hydrogens is 293 g/mol. The first kappa shape index (κ1) is 14.9. The van der Waals surface area contributed by atoms with Crippen LogP contribution < -0.4 is 11.1 Å². The van der Waals surface area contributed by atoms with Crippen LogP contribution in [0.1, 0.15) is 35.3 Å². The van der Waals surface area contributed by atoms with Gasteiger partial charge in [0.1, 0.15) is 15.8 Å². The number of anilines is 1. The van der Waals surface area contributed by atoms with Crippen molar-refractivity contribution in [2.45, 2.75) is 26.3 Å². The van der Waals surface area contributed by atoms with E-state index in [1.165, 1.54) is 10.9 Å². The molecule has 0 aliphatic heterocycles. The Labute approximate surface area is 127 Å². The predicted octanol–water partition coefficient (Wildman–Crippen LogP) is 3.65. The Hall–Kier alpha value is -1.53. The van der Waals surface area contributed by atoms with Crippen LogP contribution in [0.4, 0.5) is 10.1 Å². The largest absolute Gasteiger partial charge is 0.389 e. The molecule has 3 nitrogen and oxygen atoms in total. The first-order valence-electron chi connectivity index (χ1n) is 6.31. The van der Waals surface area contributed by atoms with Crippen molar-refractivity contribution in [3.8, 4) is 0 Å². The Morgan fingerprint density at radius 1 is 1.55 bits per heavy atom. The second-order valence-electron chi connectivity index (χ2n) is 4.44. The fourth-order valence-electron chi connectivity index (χ4n) is 1.77. The van der Waals surface area contributed by atoms with Gasteiger partial charge in [-0.15, -0.1) is 11.3 Å². The summed E-state index contributed by atoms with van der Waals surface area (Å²) < 4.78 is 14.0. The van der Waals surface area contributed by atoms with E-state index in [1.54, 1.807) is 23.5 Å². The molecular formula is C14H16FN3S2. The van der Waals surface area contributed by atoms with Crippen molar-refractivity contribution in [1.29, 1.82) is 0 Å². The topological polar surface area (TPSA) is 50.9 Å². The molecule has 0 spiro atoms. The molecule has 0 aliphatic rings. The highest BCUT2D eigenvalue weighted by Crippen LogP contribution is 2.25. The van der Waals surface area contributed by atoms with Crippen molar-refractivity contribution < 1.29 is 4.39 Å². The van der Waals surface area contributed by atoms with Crippen LogP contribution in [0.3, 0.4) is 0 Å². The lowest BCUT2D eigenvalue weighted by atomic mass is 10.2. The molecule has 6 heteroatoms. The summed E-state index contributed by atoms with van der Waals surface area (Å²) in [6, 6.07) is 4.65. The zero-order valence-corrected chi connectivity index (χ0v) is 12.9. The van der Waals surface area contributed by atoms with Crippen molar-refractivity contribution in [2.24, 2.45) is 5.73 Å². The van der Waals surface area contributed by atoms with Crippen LogP contribution in [-0.2, 0) is 6.42 Å². The normalized spacial score (nSPS) is 12.2. The zero-order chi connectivity index (χ0) is 14.7. The molecule has 1 aromatic heterocycles. The Balaban J connectivity index is 2.15. The summed E-state index contributed by atoms with van der Waals surface area (Å²) >= 11 is 6.47. The van der Waals surface area contributed by atoms with Crippen molar-refractivity contribution >= 4 is 34.2 Å². The number of rotatable bonds is 5. The van der Waals surface area contributed by atoms with Gasteiger partial charge in [0.25, 0.3) is 0 Å². The SMILES string of the molecule is CCc1cnc(C(C)Nc2ccc(C(N)=S)cc2F)s1. The van der Waals surface area contributed by atoms with Gasteiger partial charge in [0.05, 0.1) is 11.7 Å². The number of thiazole rings is 1. The van der Waals surface area contributed by atoms with Crippen LogP contribution in [0.15, 0.2) is 24.4 Å². The summed E-state index contributed by atoms with van der Waals surface area (Å²) in [4.78, 5) is 5.76. The molecule has 0 amide bonds. The maximum absolute atomic E-state index is 14.0. The van der Waals surface area contributed by atoms with E-state index in [0.29, 0.717) is 11.3 Å². The number of hydrogen-bond donors (Lipinski definition) is 2. The van der Waals surface area contributed by atoms with Crippen LogP contribution in [0.2, 0.25) is 0 Å². The van der Waals surface area contributed by atoms with E-state index >= 15 is 0 Å². The van der Waals surface area contributed by atoms with E-state index < -0.39 is 0 Å². The Morgan fingerprint density at radius 3 is 2.85 bits per heavy atom. The summed E-state index contributed by atoms with van der Waals surface area (Å²) in [5.74, 6) is -0.366. The van der Waals surface area contributed by atoms with Gasteiger partial charge in [-0.05, 0) is 31.5 Å². The van der Waals surface area contributed by atoms with Crippen LogP contribution in [0, 0.1) is 5.82 Å². The Bertz CT molecular complexity index is 625. The van der Waals surface area contributed by atoms with Crippen LogP contribution in [-0.4, -0.2) is 9.97 Å². The number of benzene rings is 1. The first-order chi connectivity index (χ1) is 9.51. The summed E-state index contributed by atoms with van der Waals surface area (Å²) in [5, 5.41) is 4.06. The maximum atomic E-state index is 14.0. The molecule has 2 rings (SSSR count). The zero-order valence-electron chi connectivity index (χ0n) is 11.3. The third kappa shape index (κ3) is 3.32. The highest BCUT2D eigenvalue weighted by atomic mass is 32.1. The summed E-state index contributed by atoms with van der Waals surface area (Å²) in [6.45, 7) is 4.04. The van der Waals surface area contributed by atoms with Crippen molar-refractivity contribution in [1.82, 2.24) is 4.98 Å². The third-order valence-corrected chi connectivity index (χ3v) is 4.48. The lowest BCUT2D eigenvalue weighted by Crippen LogP contribution is -2.11. The molecule has 0 fully saturated rings. The first-order valence-corrected chi connectivity index (χ1v) is 7.54. The number of halogens is 1. The van der Waals surface area contributed by atoms with Gasteiger partial charge >= 0.3 is 0 Å². The van der Waals surface area contributed by atoms with E-state index in [1.807, 2.05) is 13.1 Å². The fourth-order valence-corrected chi connectivity index (χ4v) is 2.75. The minimum Gasteiger partial charge on any atom is -0.389 e. The van der Waals surface area contributed by atoms with Gasteiger partial charge in [0.15, 0.2) is 0 Å². The lowest BCUT2D eigenvalue weighted by molar-refractivity contribution is 0.627. The number of hydrogen-bond acceptors (Lipinski definition) is 4. The second kappa shape index (κ2) is 6.28. The molecule has 1 atom stereocenters. The number of nitrogens with one attached hydrogen (secondary N) is 1. The Morgan fingerprint density at radius 2 is 2.30 bits per heavy atom. The van der Waals surface area contributed by atoms with Gasteiger partial charge < -0.3 is 11.1 Å². The fraction of sp³-hybridized carbons (Fsp3) is 0.286. The molecule has 0 saturated carbocycles. The maximum Gasteiger partial charge on any atom is 0.147 e. The van der Waals surface area contributed by atoms with E-state index in [-0.39, 0.29) is 16.8 Å². The van der Waals surface area contributed by atoms with Gasteiger partial charge in [-0.2, -0.15) is 0 Å². The molecule has 1 aromatic carbocycles. The molecule has 0 saturated heterocycles. The molecule has 1 unspecified atom stereocenters. The molecule has 0 radical (unpaired) electrons. The average Bonchev–Trinajstić information content (AvgIpc) is 2.89. The smallest absolute Gasteiger partial charge is 0.147 e. The molecule has 106 valence electrons. The molecule has 0 bridgehead atoms. The number of aromatic nitrogens is 1.